The summed E-state index contributed by atoms with van der Waals surface area (Å²) in [5.74, 6) is -0.559. The highest BCUT2D eigenvalue weighted by atomic mass is 16.5. The van der Waals surface area contributed by atoms with Crippen LogP contribution in [0.3, 0.4) is 0 Å². The van der Waals surface area contributed by atoms with Crippen molar-refractivity contribution < 1.29 is 14.1 Å². The summed E-state index contributed by atoms with van der Waals surface area (Å²) >= 11 is 0. The smallest absolute Gasteiger partial charge is 0.290 e. The number of amides is 1. The van der Waals surface area contributed by atoms with E-state index in [9.17, 15) is 9.59 Å². The van der Waals surface area contributed by atoms with Crippen molar-refractivity contribution in [3.05, 3.63) is 41.9 Å². The highest BCUT2D eigenvalue weighted by Crippen LogP contribution is 2.22. The minimum atomic E-state index is -0.729. The average molecular weight is 370 g/mol. The summed E-state index contributed by atoms with van der Waals surface area (Å²) in [5, 5.41) is 10.9. The van der Waals surface area contributed by atoms with Gasteiger partial charge in [-0.1, -0.05) is 19.0 Å². The molecule has 0 fully saturated rings. The van der Waals surface area contributed by atoms with E-state index < -0.39 is 11.9 Å². The molecule has 1 unspecified atom stereocenters. The van der Waals surface area contributed by atoms with Crippen LogP contribution in [0, 0.1) is 12.8 Å². The Bertz CT molecular complexity index is 981. The second-order valence-electron chi connectivity index (χ2n) is 6.80. The van der Waals surface area contributed by atoms with Gasteiger partial charge in [0.15, 0.2) is 5.82 Å². The first-order valence-corrected chi connectivity index (χ1v) is 8.57. The summed E-state index contributed by atoms with van der Waals surface area (Å²) in [7, 11) is 3.54. The Labute approximate surface area is 156 Å². The Morgan fingerprint density at radius 3 is 2.56 bits per heavy atom. The zero-order chi connectivity index (χ0) is 19.7. The van der Waals surface area contributed by atoms with Gasteiger partial charge in [0.25, 0.3) is 5.91 Å². The van der Waals surface area contributed by atoms with Crippen molar-refractivity contribution in [1.29, 1.82) is 0 Å². The number of imidazole rings is 1. The van der Waals surface area contributed by atoms with Crippen LogP contribution in [0.25, 0.3) is 11.3 Å². The molecule has 0 spiro atoms. The lowest BCUT2D eigenvalue weighted by atomic mass is 9.99. The van der Waals surface area contributed by atoms with Crippen LogP contribution in [0.15, 0.2) is 29.2 Å². The number of Topliss-reactive ketones (excluding diaryl/α,β-unsaturated/α-hetero) is 1. The lowest BCUT2D eigenvalue weighted by Crippen LogP contribution is -2.45. The molecule has 27 heavy (non-hydrogen) atoms. The topological polar surface area (TPSA) is 108 Å². The molecule has 3 aromatic rings. The predicted octanol–water partition coefficient (Wildman–Crippen LogP) is 1.75. The van der Waals surface area contributed by atoms with Crippen molar-refractivity contribution in [2.24, 2.45) is 20.0 Å². The van der Waals surface area contributed by atoms with E-state index in [1.165, 1.54) is 0 Å². The van der Waals surface area contributed by atoms with Gasteiger partial charge in [-0.05, 0) is 12.8 Å². The summed E-state index contributed by atoms with van der Waals surface area (Å²) in [6.45, 7) is 5.57. The molecular formula is C18H22N6O3. The quantitative estimate of drug-likeness (QED) is 0.662. The number of nitrogens with zero attached hydrogens (tertiary/aromatic N) is 5. The van der Waals surface area contributed by atoms with E-state index in [0.717, 1.165) is 11.3 Å². The lowest BCUT2D eigenvalue weighted by molar-refractivity contribution is 0.0804. The van der Waals surface area contributed by atoms with E-state index in [0.29, 0.717) is 11.5 Å². The van der Waals surface area contributed by atoms with Gasteiger partial charge in [-0.3, -0.25) is 14.3 Å². The zero-order valence-electron chi connectivity index (χ0n) is 15.9. The van der Waals surface area contributed by atoms with Gasteiger partial charge in [-0.2, -0.15) is 5.10 Å². The van der Waals surface area contributed by atoms with Gasteiger partial charge in [0.05, 0.1) is 11.7 Å². The number of carbonyl (C=O) groups is 2. The first kappa shape index (κ1) is 18.6. The molecule has 0 radical (unpaired) electrons. The number of ketones is 1. The van der Waals surface area contributed by atoms with Crippen LogP contribution in [0.1, 0.15) is 40.7 Å². The first-order chi connectivity index (χ1) is 12.8. The number of rotatable bonds is 6. The predicted molar refractivity (Wildman–Crippen MR) is 97.1 cm³/mol. The molecule has 0 bridgehead atoms. The Kier molecular flexibility index (Phi) is 4.93. The molecule has 0 saturated carbocycles. The van der Waals surface area contributed by atoms with Crippen LogP contribution >= 0.6 is 0 Å². The van der Waals surface area contributed by atoms with E-state index in [1.54, 1.807) is 48.0 Å². The summed E-state index contributed by atoms with van der Waals surface area (Å²) in [4.78, 5) is 29.4. The fourth-order valence-corrected chi connectivity index (χ4v) is 2.85. The third-order valence-corrected chi connectivity index (χ3v) is 4.30. The van der Waals surface area contributed by atoms with Crippen LogP contribution in [0.4, 0.5) is 0 Å². The van der Waals surface area contributed by atoms with Gasteiger partial charge in [0.1, 0.15) is 5.69 Å². The Hall–Kier alpha value is -3.23. The summed E-state index contributed by atoms with van der Waals surface area (Å²) in [6, 6.07) is 0.814. The van der Waals surface area contributed by atoms with Gasteiger partial charge >= 0.3 is 0 Å². The van der Waals surface area contributed by atoms with Crippen LogP contribution in [-0.4, -0.2) is 42.2 Å². The van der Waals surface area contributed by atoms with E-state index in [2.05, 4.69) is 20.6 Å². The number of hydrogen-bond donors (Lipinski definition) is 1. The Morgan fingerprint density at radius 1 is 1.26 bits per heavy atom. The van der Waals surface area contributed by atoms with E-state index in [-0.39, 0.29) is 17.5 Å². The van der Waals surface area contributed by atoms with E-state index in [1.807, 2.05) is 20.8 Å². The summed E-state index contributed by atoms with van der Waals surface area (Å²) in [6.07, 6.45) is 5.03. The lowest BCUT2D eigenvalue weighted by Gasteiger charge is -2.20. The van der Waals surface area contributed by atoms with Crippen molar-refractivity contribution in [2.45, 2.75) is 26.8 Å². The number of aryl methyl sites for hydroxylation is 3. The Morgan fingerprint density at radius 2 is 2.00 bits per heavy atom. The fraction of sp³-hybridized carbons (Fsp3) is 0.389. The van der Waals surface area contributed by atoms with Crippen molar-refractivity contribution in [3.63, 3.8) is 0 Å². The largest absolute Gasteiger partial charge is 0.350 e. The molecule has 1 amide bonds. The van der Waals surface area contributed by atoms with Crippen LogP contribution in [-0.2, 0) is 14.1 Å². The van der Waals surface area contributed by atoms with Crippen molar-refractivity contribution in [2.75, 3.05) is 0 Å². The standard InChI is InChI=1S/C18H22N6O3/c1-10(2)15(16(25)17-19-6-7-23(17)4)20-18(26)14-8-13(22-27-14)12-9-24(5)21-11(12)3/h6-10,15H,1-5H3,(H,20,26). The SMILES string of the molecule is Cc1nn(C)cc1-c1cc(C(=O)NC(C(=O)c2nccn2C)C(C)C)on1. The molecule has 0 aliphatic rings. The zero-order valence-corrected chi connectivity index (χ0v) is 15.9. The molecule has 1 atom stereocenters. The maximum atomic E-state index is 12.8. The number of hydrogen-bond acceptors (Lipinski definition) is 6. The minimum Gasteiger partial charge on any atom is -0.350 e. The van der Waals surface area contributed by atoms with Gasteiger partial charge in [0, 0.05) is 44.3 Å². The van der Waals surface area contributed by atoms with Gasteiger partial charge in [0.2, 0.25) is 11.5 Å². The molecule has 3 aromatic heterocycles. The van der Waals surface area contributed by atoms with Gasteiger partial charge in [-0.15, -0.1) is 0 Å². The van der Waals surface area contributed by atoms with Gasteiger partial charge in [-0.25, -0.2) is 4.98 Å². The molecule has 0 saturated heterocycles. The molecule has 0 aromatic carbocycles. The van der Waals surface area contributed by atoms with Crippen LogP contribution < -0.4 is 5.32 Å². The van der Waals surface area contributed by atoms with Gasteiger partial charge < -0.3 is 14.4 Å². The number of nitrogens with one attached hydrogen (secondary N) is 1. The summed E-state index contributed by atoms with van der Waals surface area (Å²) < 4.78 is 8.48. The Balaban J connectivity index is 1.80. The van der Waals surface area contributed by atoms with Crippen molar-refractivity contribution >= 4 is 11.7 Å². The first-order valence-electron chi connectivity index (χ1n) is 8.57. The number of aromatic nitrogens is 5. The number of carbonyl (C=O) groups excluding carboxylic acids is 2. The highest BCUT2D eigenvalue weighted by Gasteiger charge is 2.29. The molecule has 9 heteroatoms. The molecule has 142 valence electrons. The highest BCUT2D eigenvalue weighted by molar-refractivity contribution is 6.02. The van der Waals surface area contributed by atoms with Crippen molar-refractivity contribution in [3.8, 4) is 11.3 Å². The molecule has 1 N–H and O–H groups in total. The molecule has 9 nitrogen and oxygen atoms in total. The fourth-order valence-electron chi connectivity index (χ4n) is 2.85. The minimum absolute atomic E-state index is 0.0338. The summed E-state index contributed by atoms with van der Waals surface area (Å²) in [5.41, 5.74) is 2.08. The molecule has 0 aliphatic heterocycles. The van der Waals surface area contributed by atoms with Crippen molar-refractivity contribution in [1.82, 2.24) is 29.8 Å². The van der Waals surface area contributed by atoms with E-state index >= 15 is 0 Å². The molecular weight excluding hydrogens is 348 g/mol. The van der Waals surface area contributed by atoms with Crippen LogP contribution in [0.5, 0.6) is 0 Å². The third kappa shape index (κ3) is 3.67. The second-order valence-corrected chi connectivity index (χ2v) is 6.80. The van der Waals surface area contributed by atoms with E-state index in [4.69, 9.17) is 4.52 Å². The third-order valence-electron chi connectivity index (χ3n) is 4.30. The molecule has 3 rings (SSSR count). The molecule has 0 aliphatic carbocycles. The monoisotopic (exact) mass is 370 g/mol. The molecule has 3 heterocycles. The maximum absolute atomic E-state index is 12.8. The normalized spacial score (nSPS) is 12.4. The second kappa shape index (κ2) is 7.18. The maximum Gasteiger partial charge on any atom is 0.290 e. The van der Waals surface area contributed by atoms with Crippen LogP contribution in [0.2, 0.25) is 0 Å². The average Bonchev–Trinajstić information content (AvgIpc) is 3.31.